The second kappa shape index (κ2) is 12.4. The molecule has 0 radical (unpaired) electrons. The van der Waals surface area contributed by atoms with Crippen LogP contribution < -0.4 is 5.56 Å². The summed E-state index contributed by atoms with van der Waals surface area (Å²) < 4.78 is 6.75. The van der Waals surface area contributed by atoms with Crippen LogP contribution in [0.4, 0.5) is 0 Å². The van der Waals surface area contributed by atoms with Crippen LogP contribution in [0.3, 0.4) is 0 Å². The molecule has 0 spiro atoms. The Morgan fingerprint density at radius 1 is 0.361 bits per heavy atom. The minimum Gasteiger partial charge on any atom is -0.307 e. The van der Waals surface area contributed by atoms with Crippen molar-refractivity contribution in [2.45, 2.75) is 0 Å². The van der Waals surface area contributed by atoms with E-state index in [4.69, 9.17) is 0 Å². The van der Waals surface area contributed by atoms with Gasteiger partial charge in [-0.05, 0) is 92.8 Å². The van der Waals surface area contributed by atoms with Gasteiger partial charge in [-0.1, -0.05) is 147 Å². The van der Waals surface area contributed by atoms with Crippen LogP contribution in [0.5, 0.6) is 0 Å². The monoisotopic (exact) mass is 777 g/mol. The minimum absolute atomic E-state index is 0.0724. The Kier molecular flexibility index (Phi) is 6.86. The van der Waals surface area contributed by atoms with Crippen molar-refractivity contribution in [3.63, 3.8) is 0 Å². The second-order valence-corrected chi connectivity index (χ2v) is 16.1. The maximum absolute atomic E-state index is 13.9. The topological polar surface area (TPSA) is 31.3 Å². The molecule has 4 heterocycles. The molecule has 4 aromatic heterocycles. The molecule has 13 aromatic rings. The highest BCUT2D eigenvalue weighted by molar-refractivity contribution is 6.24. The molecule has 9 aromatic carbocycles. The number of hydrogen-bond acceptors (Lipinski definition) is 1. The SMILES string of the molecule is C=Cc1c(C=C)c2cccc3c4cc(-c5ccc6ccc7cc(-n8c9ccccc9c9ccc%10c%11ccccc%11n(-c%11ccccc%11)c%10c98)ccc7c6c5)ccc4n(c1=O)c23. The molecule has 284 valence electrons. The van der Waals surface area contributed by atoms with Crippen LogP contribution in [0, 0.1) is 0 Å². The Bertz CT molecular complexity index is 4110. The summed E-state index contributed by atoms with van der Waals surface area (Å²) in [5.41, 5.74) is 12.4. The molecule has 4 nitrogen and oxygen atoms in total. The lowest BCUT2D eigenvalue weighted by atomic mass is 9.96. The van der Waals surface area contributed by atoms with Crippen molar-refractivity contribution in [3.05, 3.63) is 211 Å². The van der Waals surface area contributed by atoms with Crippen LogP contribution >= 0.6 is 0 Å². The van der Waals surface area contributed by atoms with E-state index in [1.165, 1.54) is 65.2 Å². The minimum atomic E-state index is -0.0724. The third-order valence-corrected chi connectivity index (χ3v) is 13.1. The zero-order chi connectivity index (χ0) is 40.5. The fraction of sp³-hybridized carbons (Fsp3) is 0. The van der Waals surface area contributed by atoms with Crippen molar-refractivity contribution in [1.29, 1.82) is 0 Å². The van der Waals surface area contributed by atoms with Gasteiger partial charge in [-0.15, -0.1) is 0 Å². The Hall–Kier alpha value is -8.21. The standard InChI is InChI=1S/C57H35N3O/c1-3-40-41(4-2)57(61)60-53-30-25-36(33-50(53)46-18-12-17-45(40)54(46)60)35-23-21-34-22-24-37-31-39(26-27-42(37)49(34)32-35)59-52-20-11-9-16-44(52)48-29-28-47-43-15-8-10-19-51(43)58(55(47)56(48)59)38-13-6-5-7-14-38/h3-33H,1-2H2. The van der Waals surface area contributed by atoms with E-state index in [1.54, 1.807) is 12.2 Å². The Balaban J connectivity index is 1.02. The lowest BCUT2D eigenvalue weighted by Gasteiger charge is -2.14. The van der Waals surface area contributed by atoms with Crippen LogP contribution in [0.1, 0.15) is 11.1 Å². The van der Waals surface area contributed by atoms with Gasteiger partial charge in [-0.25, -0.2) is 0 Å². The van der Waals surface area contributed by atoms with Crippen molar-refractivity contribution in [2.75, 3.05) is 0 Å². The summed E-state index contributed by atoms with van der Waals surface area (Å²) in [5, 5.41) is 12.8. The summed E-state index contributed by atoms with van der Waals surface area (Å²) >= 11 is 0. The first-order valence-electron chi connectivity index (χ1n) is 20.7. The molecule has 0 fully saturated rings. The fourth-order valence-corrected chi connectivity index (χ4v) is 10.5. The number of benzene rings is 9. The van der Waals surface area contributed by atoms with Gasteiger partial charge in [0, 0.05) is 54.6 Å². The predicted octanol–water partition coefficient (Wildman–Crippen LogP) is 14.5. The quantitative estimate of drug-likeness (QED) is 0.160. The van der Waals surface area contributed by atoms with Gasteiger partial charge in [0.2, 0.25) is 0 Å². The van der Waals surface area contributed by atoms with Gasteiger partial charge in [0.05, 0.1) is 33.1 Å². The molecule has 0 atom stereocenters. The van der Waals surface area contributed by atoms with Crippen molar-refractivity contribution < 1.29 is 0 Å². The highest BCUT2D eigenvalue weighted by Crippen LogP contribution is 2.43. The van der Waals surface area contributed by atoms with Crippen molar-refractivity contribution in [1.82, 2.24) is 13.5 Å². The average Bonchev–Trinajstić information content (AvgIpc) is 3.96. The van der Waals surface area contributed by atoms with E-state index in [2.05, 4.69) is 198 Å². The summed E-state index contributed by atoms with van der Waals surface area (Å²) in [6.45, 7) is 8.00. The number of hydrogen-bond donors (Lipinski definition) is 0. The lowest BCUT2D eigenvalue weighted by molar-refractivity contribution is 1.15. The van der Waals surface area contributed by atoms with E-state index in [1.807, 2.05) is 4.40 Å². The van der Waals surface area contributed by atoms with Crippen LogP contribution in [0.15, 0.2) is 194 Å². The first-order chi connectivity index (χ1) is 30.1. The maximum atomic E-state index is 13.9. The molecule has 13 rings (SSSR count). The highest BCUT2D eigenvalue weighted by Gasteiger charge is 2.22. The number of aromatic nitrogens is 3. The van der Waals surface area contributed by atoms with Gasteiger partial charge >= 0.3 is 0 Å². The van der Waals surface area contributed by atoms with E-state index >= 15 is 0 Å². The number of para-hydroxylation sites is 4. The van der Waals surface area contributed by atoms with E-state index < -0.39 is 0 Å². The van der Waals surface area contributed by atoms with Gasteiger partial charge in [0.25, 0.3) is 5.56 Å². The number of pyridine rings is 1. The van der Waals surface area contributed by atoms with Crippen molar-refractivity contribution >= 4 is 105 Å². The van der Waals surface area contributed by atoms with E-state index in [-0.39, 0.29) is 5.56 Å². The van der Waals surface area contributed by atoms with Gasteiger partial charge in [-0.3, -0.25) is 9.20 Å². The summed E-state index contributed by atoms with van der Waals surface area (Å²) in [6, 6.07) is 63.8. The fourth-order valence-electron chi connectivity index (χ4n) is 10.5. The van der Waals surface area contributed by atoms with Crippen LogP contribution in [0.25, 0.3) is 127 Å². The van der Waals surface area contributed by atoms with Gasteiger partial charge in [0.15, 0.2) is 0 Å². The van der Waals surface area contributed by atoms with Crippen molar-refractivity contribution in [3.8, 4) is 22.5 Å². The third-order valence-electron chi connectivity index (χ3n) is 13.1. The van der Waals surface area contributed by atoms with Crippen molar-refractivity contribution in [2.24, 2.45) is 0 Å². The molecule has 0 bridgehead atoms. The van der Waals surface area contributed by atoms with Gasteiger partial charge in [-0.2, -0.15) is 0 Å². The molecule has 0 aliphatic heterocycles. The molecule has 0 aliphatic carbocycles. The molecular weight excluding hydrogens is 743 g/mol. The molecule has 61 heavy (non-hydrogen) atoms. The molecule has 0 aliphatic rings. The summed E-state index contributed by atoms with van der Waals surface area (Å²) in [6.07, 6.45) is 3.42. The molecule has 0 saturated heterocycles. The predicted molar refractivity (Wildman–Crippen MR) is 259 cm³/mol. The van der Waals surface area contributed by atoms with Crippen LogP contribution in [0.2, 0.25) is 0 Å². The molecule has 0 unspecified atom stereocenters. The highest BCUT2D eigenvalue weighted by atomic mass is 16.1. The molecular formula is C57H35N3O. The number of rotatable bonds is 5. The molecule has 0 N–H and O–H groups in total. The zero-order valence-electron chi connectivity index (χ0n) is 33.1. The molecule has 0 saturated carbocycles. The number of fused-ring (bicyclic) bond motifs is 13. The van der Waals surface area contributed by atoms with Gasteiger partial charge < -0.3 is 9.13 Å². The molecule has 0 amide bonds. The average molecular weight is 778 g/mol. The first-order valence-corrected chi connectivity index (χ1v) is 20.7. The van der Waals surface area contributed by atoms with E-state index in [0.717, 1.165) is 55.3 Å². The normalized spacial score (nSPS) is 12.1. The zero-order valence-corrected chi connectivity index (χ0v) is 33.1. The van der Waals surface area contributed by atoms with Crippen LogP contribution in [-0.4, -0.2) is 13.5 Å². The number of nitrogens with zero attached hydrogens (tertiary/aromatic N) is 3. The summed E-state index contributed by atoms with van der Waals surface area (Å²) in [5.74, 6) is 0. The Labute approximate surface area is 349 Å². The Morgan fingerprint density at radius 3 is 1.64 bits per heavy atom. The van der Waals surface area contributed by atoms with E-state index in [0.29, 0.717) is 5.56 Å². The molecule has 4 heteroatoms. The van der Waals surface area contributed by atoms with Gasteiger partial charge in [0.1, 0.15) is 0 Å². The maximum Gasteiger partial charge on any atom is 0.263 e. The largest absolute Gasteiger partial charge is 0.307 e. The third kappa shape index (κ3) is 4.51. The Morgan fingerprint density at radius 2 is 0.918 bits per heavy atom. The smallest absolute Gasteiger partial charge is 0.263 e. The summed E-state index contributed by atoms with van der Waals surface area (Å²) in [7, 11) is 0. The van der Waals surface area contributed by atoms with E-state index in [9.17, 15) is 4.79 Å². The summed E-state index contributed by atoms with van der Waals surface area (Å²) in [4.78, 5) is 13.9. The van der Waals surface area contributed by atoms with Crippen LogP contribution in [-0.2, 0) is 0 Å². The lowest BCUT2D eigenvalue weighted by Crippen LogP contribution is -2.17. The first kappa shape index (κ1) is 33.7. The second-order valence-electron chi connectivity index (χ2n) is 16.1.